The molecule has 0 atom stereocenters. The minimum Gasteiger partial charge on any atom is -0.444 e. The molecule has 0 aromatic heterocycles. The van der Waals surface area contributed by atoms with Crippen molar-refractivity contribution >= 4 is 12.0 Å². The van der Waals surface area contributed by atoms with Crippen LogP contribution in [0.2, 0.25) is 0 Å². The number of carbonyl (C=O) groups is 2. The third-order valence-corrected chi connectivity index (χ3v) is 5.86. The fourth-order valence-corrected chi connectivity index (χ4v) is 4.12. The molecule has 2 aliphatic heterocycles. The van der Waals surface area contributed by atoms with E-state index in [2.05, 4.69) is 34.5 Å². The Morgan fingerprint density at radius 2 is 1.57 bits per heavy atom. The Morgan fingerprint density at radius 3 is 2.17 bits per heavy atom. The van der Waals surface area contributed by atoms with Crippen LogP contribution in [0.1, 0.15) is 64.0 Å². The number of rotatable bonds is 5. The summed E-state index contributed by atoms with van der Waals surface area (Å²) in [5.74, 6) is 0.0401. The van der Waals surface area contributed by atoms with Crippen LogP contribution in [0.15, 0.2) is 24.3 Å². The topological polar surface area (TPSA) is 61.9 Å². The van der Waals surface area contributed by atoms with Gasteiger partial charge in [0, 0.05) is 32.1 Å². The molecule has 2 saturated heterocycles. The van der Waals surface area contributed by atoms with E-state index >= 15 is 0 Å². The summed E-state index contributed by atoms with van der Waals surface area (Å²) in [6.07, 6.45) is 5.04. The molecule has 0 spiro atoms. The van der Waals surface area contributed by atoms with E-state index in [4.69, 9.17) is 4.74 Å². The Balaban J connectivity index is 1.39. The first-order valence-corrected chi connectivity index (χ1v) is 11.4. The zero-order valence-electron chi connectivity index (χ0n) is 18.8. The van der Waals surface area contributed by atoms with Gasteiger partial charge < -0.3 is 15.0 Å². The van der Waals surface area contributed by atoms with Crippen molar-refractivity contribution in [3.05, 3.63) is 35.4 Å². The van der Waals surface area contributed by atoms with E-state index in [1.165, 1.54) is 37.9 Å². The third-order valence-electron chi connectivity index (χ3n) is 5.86. The van der Waals surface area contributed by atoms with Crippen molar-refractivity contribution in [2.24, 2.45) is 5.92 Å². The van der Waals surface area contributed by atoms with Crippen molar-refractivity contribution in [3.63, 3.8) is 0 Å². The molecule has 6 nitrogen and oxygen atoms in total. The molecule has 1 aromatic carbocycles. The van der Waals surface area contributed by atoms with Crippen molar-refractivity contribution in [2.75, 3.05) is 26.2 Å². The highest BCUT2D eigenvalue weighted by molar-refractivity contribution is 5.79. The molecule has 1 N–H and O–H groups in total. The highest BCUT2D eigenvalue weighted by atomic mass is 16.6. The monoisotopic (exact) mass is 415 g/mol. The van der Waals surface area contributed by atoms with Crippen LogP contribution in [0.3, 0.4) is 0 Å². The predicted molar refractivity (Wildman–Crippen MR) is 118 cm³/mol. The van der Waals surface area contributed by atoms with Crippen molar-refractivity contribution in [1.29, 1.82) is 0 Å². The standard InChI is InChI=1S/C24H37N3O3/c1-24(2,3)30-23(29)27-15-11-21(12-16-27)22(28)25-17-19-7-9-20(10-8-19)18-26-13-5-4-6-14-26/h7-10,21H,4-6,11-18H2,1-3H3,(H,25,28). The molecule has 1 aromatic rings. The van der Waals surface area contributed by atoms with Crippen LogP contribution >= 0.6 is 0 Å². The quantitative estimate of drug-likeness (QED) is 0.791. The van der Waals surface area contributed by atoms with Gasteiger partial charge >= 0.3 is 6.09 Å². The molecule has 2 heterocycles. The molecule has 2 aliphatic rings. The highest BCUT2D eigenvalue weighted by Crippen LogP contribution is 2.20. The molecular formula is C24H37N3O3. The Hall–Kier alpha value is -2.08. The average Bonchev–Trinajstić information content (AvgIpc) is 2.73. The maximum atomic E-state index is 12.6. The number of benzene rings is 1. The summed E-state index contributed by atoms with van der Waals surface area (Å²) in [7, 11) is 0. The number of nitrogens with one attached hydrogen (secondary N) is 1. The Bertz CT molecular complexity index is 697. The van der Waals surface area contributed by atoms with Gasteiger partial charge in [0.2, 0.25) is 5.91 Å². The van der Waals surface area contributed by atoms with E-state index in [9.17, 15) is 9.59 Å². The van der Waals surface area contributed by atoms with Crippen LogP contribution in [0.5, 0.6) is 0 Å². The summed E-state index contributed by atoms with van der Waals surface area (Å²) in [4.78, 5) is 28.9. The number of hydrogen-bond donors (Lipinski definition) is 1. The van der Waals surface area contributed by atoms with Gasteiger partial charge in [0.25, 0.3) is 0 Å². The number of hydrogen-bond acceptors (Lipinski definition) is 4. The first-order valence-electron chi connectivity index (χ1n) is 11.4. The molecule has 0 bridgehead atoms. The number of likely N-dealkylation sites (tertiary alicyclic amines) is 2. The lowest BCUT2D eigenvalue weighted by Crippen LogP contribution is -2.44. The zero-order valence-corrected chi connectivity index (χ0v) is 18.8. The normalized spacial score (nSPS) is 18.8. The largest absolute Gasteiger partial charge is 0.444 e. The summed E-state index contributed by atoms with van der Waals surface area (Å²) in [5.41, 5.74) is 1.97. The number of carbonyl (C=O) groups excluding carboxylic acids is 2. The third kappa shape index (κ3) is 7.01. The second-order valence-electron chi connectivity index (χ2n) is 9.61. The van der Waals surface area contributed by atoms with Gasteiger partial charge in [-0.2, -0.15) is 0 Å². The second kappa shape index (κ2) is 10.3. The SMILES string of the molecule is CC(C)(C)OC(=O)N1CCC(C(=O)NCc2ccc(CN3CCCCC3)cc2)CC1. The van der Waals surface area contributed by atoms with Gasteiger partial charge in [0.15, 0.2) is 0 Å². The van der Waals surface area contributed by atoms with Gasteiger partial charge in [0.1, 0.15) is 5.60 Å². The van der Waals surface area contributed by atoms with Crippen LogP contribution in [-0.2, 0) is 22.6 Å². The molecule has 30 heavy (non-hydrogen) atoms. The van der Waals surface area contributed by atoms with Crippen LogP contribution in [0.25, 0.3) is 0 Å². The molecule has 3 rings (SSSR count). The van der Waals surface area contributed by atoms with Crippen molar-refractivity contribution < 1.29 is 14.3 Å². The number of ether oxygens (including phenoxy) is 1. The molecule has 0 unspecified atom stereocenters. The lowest BCUT2D eigenvalue weighted by atomic mass is 9.96. The summed E-state index contributed by atoms with van der Waals surface area (Å²) in [5, 5.41) is 3.07. The van der Waals surface area contributed by atoms with Gasteiger partial charge in [-0.15, -0.1) is 0 Å². The molecule has 0 saturated carbocycles. The predicted octanol–water partition coefficient (Wildman–Crippen LogP) is 3.94. The maximum Gasteiger partial charge on any atom is 0.410 e. The summed E-state index contributed by atoms with van der Waals surface area (Å²) in [6, 6.07) is 8.58. The van der Waals surface area contributed by atoms with E-state index in [1.54, 1.807) is 4.90 Å². The molecule has 166 valence electrons. The van der Waals surface area contributed by atoms with Crippen molar-refractivity contribution in [3.8, 4) is 0 Å². The zero-order chi connectivity index (χ0) is 21.6. The maximum absolute atomic E-state index is 12.6. The van der Waals surface area contributed by atoms with E-state index in [0.29, 0.717) is 32.5 Å². The van der Waals surface area contributed by atoms with Crippen LogP contribution in [0, 0.1) is 5.92 Å². The second-order valence-corrected chi connectivity index (χ2v) is 9.61. The summed E-state index contributed by atoms with van der Waals surface area (Å²) < 4.78 is 5.42. The van der Waals surface area contributed by atoms with Crippen molar-refractivity contribution in [2.45, 2.75) is 71.6 Å². The molecule has 2 amide bonds. The number of nitrogens with zero attached hydrogens (tertiary/aromatic N) is 2. The molecule has 2 fully saturated rings. The fraction of sp³-hybridized carbons (Fsp3) is 0.667. The first kappa shape index (κ1) is 22.6. The minimum absolute atomic E-state index is 0.0398. The van der Waals surface area contributed by atoms with Crippen LogP contribution in [-0.4, -0.2) is 53.6 Å². The lowest BCUT2D eigenvalue weighted by molar-refractivity contribution is -0.126. The van der Waals surface area contributed by atoms with Gasteiger partial charge in [-0.25, -0.2) is 4.79 Å². The molecular weight excluding hydrogens is 378 g/mol. The summed E-state index contributed by atoms with van der Waals surface area (Å²) >= 11 is 0. The first-order chi connectivity index (χ1) is 14.3. The lowest BCUT2D eigenvalue weighted by Gasteiger charge is -2.32. The van der Waals surface area contributed by atoms with E-state index in [0.717, 1.165) is 12.1 Å². The van der Waals surface area contributed by atoms with E-state index < -0.39 is 5.60 Å². The average molecular weight is 416 g/mol. The molecule has 6 heteroatoms. The Kier molecular flexibility index (Phi) is 7.75. The smallest absolute Gasteiger partial charge is 0.410 e. The van der Waals surface area contributed by atoms with E-state index in [-0.39, 0.29) is 17.9 Å². The number of amides is 2. The van der Waals surface area contributed by atoms with Crippen LogP contribution < -0.4 is 5.32 Å². The van der Waals surface area contributed by atoms with E-state index in [1.807, 2.05) is 20.8 Å². The van der Waals surface area contributed by atoms with Gasteiger partial charge in [-0.3, -0.25) is 9.69 Å². The van der Waals surface area contributed by atoms with Gasteiger partial charge in [0.05, 0.1) is 0 Å². The molecule has 0 radical (unpaired) electrons. The Morgan fingerprint density at radius 1 is 0.967 bits per heavy atom. The Labute approximate surface area is 180 Å². The summed E-state index contributed by atoms with van der Waals surface area (Å²) in [6.45, 7) is 10.7. The highest BCUT2D eigenvalue weighted by Gasteiger charge is 2.29. The van der Waals surface area contributed by atoms with Crippen LogP contribution in [0.4, 0.5) is 4.79 Å². The fourth-order valence-electron chi connectivity index (χ4n) is 4.12. The van der Waals surface area contributed by atoms with Gasteiger partial charge in [-0.1, -0.05) is 30.7 Å². The van der Waals surface area contributed by atoms with Gasteiger partial charge in [-0.05, 0) is 70.7 Å². The van der Waals surface area contributed by atoms with Crippen molar-refractivity contribution in [1.82, 2.24) is 15.1 Å². The number of piperidine rings is 2. The minimum atomic E-state index is -0.491. The molecule has 0 aliphatic carbocycles.